The number of carboxylic acid groups (broad SMARTS) is 1. The minimum absolute atomic E-state index is 0.241. The van der Waals surface area contributed by atoms with Crippen LogP contribution >= 0.6 is 0 Å². The second-order valence-corrected chi connectivity index (χ2v) is 4.76. The van der Waals surface area contributed by atoms with E-state index < -0.39 is 17.4 Å². The van der Waals surface area contributed by atoms with Crippen LogP contribution in [0.1, 0.15) is 22.8 Å². The second-order valence-electron chi connectivity index (χ2n) is 4.76. The van der Waals surface area contributed by atoms with Crippen LogP contribution in [-0.2, 0) is 17.8 Å². The molecule has 0 unspecified atom stereocenters. The van der Waals surface area contributed by atoms with Gasteiger partial charge in [0.25, 0.3) is 5.56 Å². The number of aryl methyl sites for hydroxylation is 1. The lowest BCUT2D eigenvalue weighted by Crippen LogP contribution is -2.30. The normalized spacial score (nSPS) is 10.2. The molecule has 0 aliphatic rings. The van der Waals surface area contributed by atoms with Crippen LogP contribution in [0.3, 0.4) is 0 Å². The van der Waals surface area contributed by atoms with Gasteiger partial charge in [0.2, 0.25) is 5.91 Å². The van der Waals surface area contributed by atoms with Gasteiger partial charge in [-0.3, -0.25) is 9.59 Å². The summed E-state index contributed by atoms with van der Waals surface area (Å²) in [6.07, 6.45) is 2.29. The maximum atomic E-state index is 12.0. The smallest absolute Gasteiger partial charge is 0.341 e. The lowest BCUT2D eigenvalue weighted by Gasteiger charge is -2.08. The molecule has 0 bridgehead atoms. The van der Waals surface area contributed by atoms with Crippen molar-refractivity contribution in [2.75, 3.05) is 5.32 Å². The molecule has 0 aliphatic heterocycles. The SMILES string of the molecule is CCc1ccc(NC(=O)Cn2cccc(C(=O)O)c2=O)cc1. The van der Waals surface area contributed by atoms with Gasteiger partial charge < -0.3 is 15.0 Å². The molecule has 0 radical (unpaired) electrons. The molecular formula is C16H16N2O4. The third kappa shape index (κ3) is 3.60. The molecule has 0 atom stereocenters. The highest BCUT2D eigenvalue weighted by Gasteiger charge is 2.12. The van der Waals surface area contributed by atoms with Gasteiger partial charge in [-0.15, -0.1) is 0 Å². The molecule has 2 N–H and O–H groups in total. The zero-order chi connectivity index (χ0) is 16.1. The fourth-order valence-electron chi connectivity index (χ4n) is 2.00. The molecule has 0 spiro atoms. The van der Waals surface area contributed by atoms with Crippen molar-refractivity contribution in [3.63, 3.8) is 0 Å². The number of benzene rings is 1. The number of pyridine rings is 1. The van der Waals surface area contributed by atoms with E-state index in [1.165, 1.54) is 18.3 Å². The third-order valence-electron chi connectivity index (χ3n) is 3.21. The summed E-state index contributed by atoms with van der Waals surface area (Å²) in [7, 11) is 0. The van der Waals surface area contributed by atoms with Crippen LogP contribution in [0.2, 0.25) is 0 Å². The molecule has 2 aromatic rings. The van der Waals surface area contributed by atoms with Crippen molar-refractivity contribution in [3.8, 4) is 0 Å². The van der Waals surface area contributed by atoms with Crippen LogP contribution < -0.4 is 10.9 Å². The number of hydrogen-bond donors (Lipinski definition) is 2. The average Bonchev–Trinajstić information content (AvgIpc) is 2.50. The number of carbonyl (C=O) groups is 2. The topological polar surface area (TPSA) is 88.4 Å². The van der Waals surface area contributed by atoms with E-state index in [0.717, 1.165) is 16.6 Å². The van der Waals surface area contributed by atoms with Gasteiger partial charge in [0.05, 0.1) is 0 Å². The molecule has 1 aromatic carbocycles. The lowest BCUT2D eigenvalue weighted by atomic mass is 10.1. The van der Waals surface area contributed by atoms with Gasteiger partial charge in [0.15, 0.2) is 0 Å². The highest BCUT2D eigenvalue weighted by molar-refractivity contribution is 5.91. The average molecular weight is 300 g/mol. The number of carbonyl (C=O) groups excluding carboxylic acids is 1. The number of nitrogens with one attached hydrogen (secondary N) is 1. The van der Waals surface area contributed by atoms with E-state index in [0.29, 0.717) is 5.69 Å². The molecule has 0 saturated carbocycles. The van der Waals surface area contributed by atoms with Crippen LogP contribution in [0.25, 0.3) is 0 Å². The zero-order valence-corrected chi connectivity index (χ0v) is 12.1. The minimum atomic E-state index is -1.31. The zero-order valence-electron chi connectivity index (χ0n) is 12.1. The summed E-state index contributed by atoms with van der Waals surface area (Å²) in [5, 5.41) is 11.6. The maximum Gasteiger partial charge on any atom is 0.341 e. The number of anilines is 1. The summed E-state index contributed by atoms with van der Waals surface area (Å²) < 4.78 is 1.07. The first-order valence-electron chi connectivity index (χ1n) is 6.82. The van der Waals surface area contributed by atoms with Crippen molar-refractivity contribution in [1.82, 2.24) is 4.57 Å². The van der Waals surface area contributed by atoms with Crippen LogP contribution in [-0.4, -0.2) is 21.6 Å². The fraction of sp³-hybridized carbons (Fsp3) is 0.188. The first kappa shape index (κ1) is 15.5. The fourth-order valence-corrected chi connectivity index (χ4v) is 2.00. The Bertz CT molecular complexity index is 747. The van der Waals surface area contributed by atoms with E-state index in [1.807, 2.05) is 19.1 Å². The van der Waals surface area contributed by atoms with Crippen LogP contribution in [0.15, 0.2) is 47.4 Å². The molecule has 1 heterocycles. The van der Waals surface area contributed by atoms with Gasteiger partial charge in [-0.05, 0) is 36.2 Å². The van der Waals surface area contributed by atoms with Crippen molar-refractivity contribution in [2.24, 2.45) is 0 Å². The summed E-state index contributed by atoms with van der Waals surface area (Å²) >= 11 is 0. The van der Waals surface area contributed by atoms with E-state index in [2.05, 4.69) is 5.32 Å². The molecule has 0 saturated heterocycles. The first-order chi connectivity index (χ1) is 10.5. The van der Waals surface area contributed by atoms with Gasteiger partial charge in [-0.2, -0.15) is 0 Å². The third-order valence-corrected chi connectivity index (χ3v) is 3.21. The summed E-state index contributed by atoms with van der Waals surface area (Å²) in [5.41, 5.74) is 0.724. The Balaban J connectivity index is 2.10. The van der Waals surface area contributed by atoms with Gasteiger partial charge in [0.1, 0.15) is 12.1 Å². The Labute approximate surface area is 127 Å². The Kier molecular flexibility index (Phi) is 4.73. The molecule has 6 heteroatoms. The van der Waals surface area contributed by atoms with Gasteiger partial charge >= 0.3 is 5.97 Å². The standard InChI is InChI=1S/C16H16N2O4/c1-2-11-5-7-12(8-6-11)17-14(19)10-18-9-3-4-13(15(18)20)16(21)22/h3-9H,2,10H2,1H3,(H,17,19)(H,21,22). The van der Waals surface area contributed by atoms with Gasteiger partial charge in [-0.1, -0.05) is 19.1 Å². The summed E-state index contributed by atoms with van der Waals surface area (Å²) in [6, 6.07) is 10.0. The number of rotatable bonds is 5. The molecule has 22 heavy (non-hydrogen) atoms. The van der Waals surface area contributed by atoms with Crippen LogP contribution in [0.5, 0.6) is 0 Å². The number of hydrogen-bond acceptors (Lipinski definition) is 3. The van der Waals surface area contributed by atoms with E-state index in [1.54, 1.807) is 12.1 Å². The van der Waals surface area contributed by atoms with Crippen molar-refractivity contribution in [2.45, 2.75) is 19.9 Å². The van der Waals surface area contributed by atoms with Crippen molar-refractivity contribution in [1.29, 1.82) is 0 Å². The Morgan fingerprint density at radius 3 is 2.45 bits per heavy atom. The highest BCUT2D eigenvalue weighted by Crippen LogP contribution is 2.09. The predicted molar refractivity (Wildman–Crippen MR) is 82.1 cm³/mol. The molecule has 6 nitrogen and oxygen atoms in total. The maximum absolute atomic E-state index is 12.0. The quantitative estimate of drug-likeness (QED) is 0.880. The number of carboxylic acids is 1. The number of aromatic carboxylic acids is 1. The molecular weight excluding hydrogens is 284 g/mol. The Hall–Kier alpha value is -2.89. The summed E-state index contributed by atoms with van der Waals surface area (Å²) in [6.45, 7) is 1.80. The van der Waals surface area contributed by atoms with Gasteiger partial charge in [0, 0.05) is 11.9 Å². The molecule has 1 aromatic heterocycles. The van der Waals surface area contributed by atoms with Crippen molar-refractivity contribution < 1.29 is 14.7 Å². The van der Waals surface area contributed by atoms with Crippen molar-refractivity contribution in [3.05, 3.63) is 64.1 Å². The van der Waals surface area contributed by atoms with Crippen LogP contribution in [0, 0.1) is 0 Å². The second kappa shape index (κ2) is 6.71. The molecule has 2 rings (SSSR count). The number of nitrogens with zero attached hydrogens (tertiary/aromatic N) is 1. The van der Waals surface area contributed by atoms with E-state index >= 15 is 0 Å². The van der Waals surface area contributed by atoms with Gasteiger partial charge in [-0.25, -0.2) is 4.79 Å². The minimum Gasteiger partial charge on any atom is -0.477 e. The Morgan fingerprint density at radius 1 is 1.18 bits per heavy atom. The van der Waals surface area contributed by atoms with E-state index in [-0.39, 0.29) is 12.1 Å². The number of aromatic nitrogens is 1. The first-order valence-corrected chi connectivity index (χ1v) is 6.82. The van der Waals surface area contributed by atoms with E-state index in [9.17, 15) is 14.4 Å². The molecule has 114 valence electrons. The van der Waals surface area contributed by atoms with Crippen LogP contribution in [0.4, 0.5) is 5.69 Å². The van der Waals surface area contributed by atoms with E-state index in [4.69, 9.17) is 5.11 Å². The van der Waals surface area contributed by atoms with Crippen molar-refractivity contribution >= 4 is 17.6 Å². The molecule has 1 amide bonds. The largest absolute Gasteiger partial charge is 0.477 e. The molecule has 0 aliphatic carbocycles. The number of amides is 1. The summed E-state index contributed by atoms with van der Waals surface area (Å²) in [5.74, 6) is -1.70. The monoisotopic (exact) mass is 300 g/mol. The molecule has 0 fully saturated rings. The Morgan fingerprint density at radius 2 is 1.86 bits per heavy atom. The predicted octanol–water partition coefficient (Wildman–Crippen LogP) is 1.75. The summed E-state index contributed by atoms with van der Waals surface area (Å²) in [4.78, 5) is 34.7. The highest BCUT2D eigenvalue weighted by atomic mass is 16.4. The lowest BCUT2D eigenvalue weighted by molar-refractivity contribution is -0.116.